The van der Waals surface area contributed by atoms with E-state index in [2.05, 4.69) is 0 Å². The highest BCUT2D eigenvalue weighted by molar-refractivity contribution is 7.99. The van der Waals surface area contributed by atoms with Crippen molar-refractivity contribution in [1.29, 1.82) is 0 Å². The summed E-state index contributed by atoms with van der Waals surface area (Å²) in [7, 11) is 0. The summed E-state index contributed by atoms with van der Waals surface area (Å²) in [6.45, 7) is 3.61. The third kappa shape index (κ3) is 3.25. The van der Waals surface area contributed by atoms with Crippen LogP contribution in [0.2, 0.25) is 0 Å². The lowest BCUT2D eigenvalue weighted by atomic mass is 10.2. The molecule has 0 aromatic heterocycles. The SMILES string of the molecule is Cc1ccc(OC(C)C(=O)N2CSC[C@H]2C(=O)O)cc1. The Morgan fingerprint density at radius 1 is 1.40 bits per heavy atom. The van der Waals surface area contributed by atoms with Gasteiger partial charge in [0, 0.05) is 5.75 Å². The van der Waals surface area contributed by atoms with E-state index in [4.69, 9.17) is 9.84 Å². The predicted molar refractivity (Wildman–Crippen MR) is 76.9 cm³/mol. The Balaban J connectivity index is 2.01. The molecule has 0 saturated carbocycles. The van der Waals surface area contributed by atoms with Crippen molar-refractivity contribution in [2.24, 2.45) is 0 Å². The molecule has 1 aromatic carbocycles. The van der Waals surface area contributed by atoms with E-state index in [1.54, 1.807) is 19.1 Å². The maximum absolute atomic E-state index is 12.3. The zero-order chi connectivity index (χ0) is 14.7. The Morgan fingerprint density at radius 3 is 2.65 bits per heavy atom. The Labute approximate surface area is 121 Å². The first kappa shape index (κ1) is 14.7. The van der Waals surface area contributed by atoms with Gasteiger partial charge in [0.2, 0.25) is 0 Å². The third-order valence-electron chi connectivity index (χ3n) is 3.13. The number of hydrogen-bond acceptors (Lipinski definition) is 4. The Kier molecular flexibility index (Phi) is 4.54. The quantitative estimate of drug-likeness (QED) is 0.916. The van der Waals surface area contributed by atoms with Crippen molar-refractivity contribution in [1.82, 2.24) is 4.90 Å². The summed E-state index contributed by atoms with van der Waals surface area (Å²) < 4.78 is 5.58. The average molecular weight is 295 g/mol. The maximum Gasteiger partial charge on any atom is 0.327 e. The molecule has 0 spiro atoms. The number of thioether (sulfide) groups is 1. The predicted octanol–water partition coefficient (Wildman–Crippen LogP) is 1.75. The second kappa shape index (κ2) is 6.17. The molecule has 1 N–H and O–H groups in total. The van der Waals surface area contributed by atoms with Crippen molar-refractivity contribution in [3.63, 3.8) is 0 Å². The number of aliphatic carboxylic acids is 1. The van der Waals surface area contributed by atoms with Gasteiger partial charge >= 0.3 is 5.97 Å². The zero-order valence-corrected chi connectivity index (χ0v) is 12.2. The van der Waals surface area contributed by atoms with E-state index in [1.807, 2.05) is 19.1 Å². The van der Waals surface area contributed by atoms with Crippen LogP contribution in [-0.4, -0.2) is 45.7 Å². The smallest absolute Gasteiger partial charge is 0.327 e. The highest BCUT2D eigenvalue weighted by atomic mass is 32.2. The molecule has 108 valence electrons. The summed E-state index contributed by atoms with van der Waals surface area (Å²) in [6.07, 6.45) is -0.696. The van der Waals surface area contributed by atoms with Crippen LogP contribution in [0.15, 0.2) is 24.3 Å². The first-order chi connectivity index (χ1) is 9.49. The number of aryl methyl sites for hydroxylation is 1. The third-order valence-corrected chi connectivity index (χ3v) is 4.14. The normalized spacial score (nSPS) is 19.7. The number of hydrogen-bond donors (Lipinski definition) is 1. The standard InChI is InChI=1S/C14H17NO4S/c1-9-3-5-11(6-4-9)19-10(2)13(16)15-8-20-7-12(15)14(17)18/h3-6,10,12H,7-8H2,1-2H3,(H,17,18)/t10?,12-/m0/s1. The van der Waals surface area contributed by atoms with E-state index in [9.17, 15) is 9.59 Å². The van der Waals surface area contributed by atoms with Gasteiger partial charge in [-0.15, -0.1) is 11.8 Å². The number of ether oxygens (including phenoxy) is 1. The van der Waals surface area contributed by atoms with Crippen molar-refractivity contribution in [3.8, 4) is 5.75 Å². The molecular formula is C14H17NO4S. The number of benzene rings is 1. The summed E-state index contributed by atoms with van der Waals surface area (Å²) in [5.41, 5.74) is 1.11. The van der Waals surface area contributed by atoms with E-state index in [0.717, 1.165) is 5.56 Å². The largest absolute Gasteiger partial charge is 0.481 e. The molecule has 1 fully saturated rings. The number of carboxylic acids is 1. The molecule has 2 atom stereocenters. The van der Waals surface area contributed by atoms with Gasteiger partial charge in [-0.1, -0.05) is 17.7 Å². The molecule has 0 radical (unpaired) electrons. The van der Waals surface area contributed by atoms with Crippen LogP contribution in [0.4, 0.5) is 0 Å². The van der Waals surface area contributed by atoms with Gasteiger partial charge in [0.1, 0.15) is 11.8 Å². The molecule has 1 amide bonds. The minimum Gasteiger partial charge on any atom is -0.481 e. The fourth-order valence-corrected chi connectivity index (χ4v) is 3.12. The molecule has 6 heteroatoms. The van der Waals surface area contributed by atoms with Gasteiger partial charge in [0.15, 0.2) is 6.10 Å². The number of carbonyl (C=O) groups excluding carboxylic acids is 1. The Bertz CT molecular complexity index is 502. The molecule has 1 saturated heterocycles. The van der Waals surface area contributed by atoms with Crippen molar-refractivity contribution in [2.75, 3.05) is 11.6 Å². The molecular weight excluding hydrogens is 278 g/mol. The van der Waals surface area contributed by atoms with Gasteiger partial charge in [0.05, 0.1) is 5.88 Å². The summed E-state index contributed by atoms with van der Waals surface area (Å²) in [6, 6.07) is 6.65. The van der Waals surface area contributed by atoms with Crippen LogP contribution in [0, 0.1) is 6.92 Å². The molecule has 20 heavy (non-hydrogen) atoms. The number of amides is 1. The van der Waals surface area contributed by atoms with Crippen LogP contribution in [0.1, 0.15) is 12.5 Å². The van der Waals surface area contributed by atoms with E-state index >= 15 is 0 Å². The lowest BCUT2D eigenvalue weighted by Crippen LogP contribution is -2.47. The van der Waals surface area contributed by atoms with E-state index < -0.39 is 18.1 Å². The molecule has 1 aliphatic heterocycles. The van der Waals surface area contributed by atoms with E-state index in [-0.39, 0.29) is 5.91 Å². The number of carbonyl (C=O) groups is 2. The molecule has 2 rings (SSSR count). The number of nitrogens with zero attached hydrogens (tertiary/aromatic N) is 1. The van der Waals surface area contributed by atoms with Crippen molar-refractivity contribution >= 4 is 23.6 Å². The van der Waals surface area contributed by atoms with Crippen molar-refractivity contribution in [2.45, 2.75) is 26.0 Å². The van der Waals surface area contributed by atoms with Crippen LogP contribution < -0.4 is 4.74 Å². The van der Waals surface area contributed by atoms with Gasteiger partial charge < -0.3 is 14.7 Å². The second-order valence-electron chi connectivity index (χ2n) is 4.74. The molecule has 0 aliphatic carbocycles. The topological polar surface area (TPSA) is 66.8 Å². The first-order valence-corrected chi connectivity index (χ1v) is 7.49. The van der Waals surface area contributed by atoms with Gasteiger partial charge in [-0.2, -0.15) is 0 Å². The molecule has 1 heterocycles. The van der Waals surface area contributed by atoms with Crippen molar-refractivity contribution in [3.05, 3.63) is 29.8 Å². The second-order valence-corrected chi connectivity index (χ2v) is 5.73. The molecule has 0 bridgehead atoms. The number of rotatable bonds is 4. The summed E-state index contributed by atoms with van der Waals surface area (Å²) in [4.78, 5) is 24.7. The minimum atomic E-state index is -0.967. The van der Waals surface area contributed by atoms with Crippen LogP contribution in [0.3, 0.4) is 0 Å². The highest BCUT2D eigenvalue weighted by Crippen LogP contribution is 2.23. The van der Waals surface area contributed by atoms with Crippen LogP contribution >= 0.6 is 11.8 Å². The van der Waals surface area contributed by atoms with Gasteiger partial charge in [0.25, 0.3) is 5.91 Å². The fourth-order valence-electron chi connectivity index (χ4n) is 1.97. The van der Waals surface area contributed by atoms with Gasteiger partial charge in [-0.25, -0.2) is 4.79 Å². The molecule has 1 aromatic rings. The van der Waals surface area contributed by atoms with Crippen LogP contribution in [0.5, 0.6) is 5.75 Å². The van der Waals surface area contributed by atoms with Crippen molar-refractivity contribution < 1.29 is 19.4 Å². The monoisotopic (exact) mass is 295 g/mol. The van der Waals surface area contributed by atoms with E-state index in [0.29, 0.717) is 17.4 Å². The minimum absolute atomic E-state index is 0.289. The Morgan fingerprint density at radius 2 is 2.05 bits per heavy atom. The fraction of sp³-hybridized carbons (Fsp3) is 0.429. The summed E-state index contributed by atoms with van der Waals surface area (Å²) >= 11 is 1.44. The first-order valence-electron chi connectivity index (χ1n) is 6.33. The molecule has 5 nitrogen and oxygen atoms in total. The molecule has 1 aliphatic rings. The van der Waals surface area contributed by atoms with E-state index in [1.165, 1.54) is 16.7 Å². The average Bonchev–Trinajstić information content (AvgIpc) is 2.90. The Hall–Kier alpha value is -1.69. The van der Waals surface area contributed by atoms with Gasteiger partial charge in [-0.3, -0.25) is 4.79 Å². The van der Waals surface area contributed by atoms with Crippen LogP contribution in [-0.2, 0) is 9.59 Å². The lowest BCUT2D eigenvalue weighted by molar-refractivity contribution is -0.150. The summed E-state index contributed by atoms with van der Waals surface area (Å²) in [5.74, 6) is 0.180. The highest BCUT2D eigenvalue weighted by Gasteiger charge is 2.37. The summed E-state index contributed by atoms with van der Waals surface area (Å²) in [5, 5.41) is 9.09. The molecule has 1 unspecified atom stereocenters. The number of carboxylic acid groups (broad SMARTS) is 1. The van der Waals surface area contributed by atoms with Gasteiger partial charge in [-0.05, 0) is 26.0 Å². The lowest BCUT2D eigenvalue weighted by Gasteiger charge is -2.24. The maximum atomic E-state index is 12.3. The van der Waals surface area contributed by atoms with Crippen LogP contribution in [0.25, 0.3) is 0 Å². The zero-order valence-electron chi connectivity index (χ0n) is 11.4.